The van der Waals surface area contributed by atoms with E-state index in [0.29, 0.717) is 0 Å². The third-order valence-corrected chi connectivity index (χ3v) is 4.71. The molecule has 5 heteroatoms. The molecule has 1 heterocycles. The number of hydrogen-bond acceptors (Lipinski definition) is 4. The molecule has 0 atom stereocenters. The van der Waals surface area contributed by atoms with Gasteiger partial charge in [-0.3, -0.25) is 0 Å². The van der Waals surface area contributed by atoms with E-state index in [1.54, 1.807) is 5.38 Å². The van der Waals surface area contributed by atoms with Gasteiger partial charge in [0, 0.05) is 29.7 Å². The summed E-state index contributed by atoms with van der Waals surface area (Å²) < 4.78 is 0. The monoisotopic (exact) mass is 338 g/mol. The van der Waals surface area contributed by atoms with E-state index in [0.717, 1.165) is 29.2 Å². The standard InChI is InChI=1S/C19H18N2O2S/c1-2-21(15-9-4-3-5-10-15)12-14-8-6-7-11-16(14)18-20-17(13-24-18)19(22)23/h3-11,13H,2,12H2,1H3,(H,22,23). The van der Waals surface area contributed by atoms with Crippen LogP contribution in [-0.4, -0.2) is 22.6 Å². The first-order valence-corrected chi connectivity index (χ1v) is 8.64. The van der Waals surface area contributed by atoms with Crippen LogP contribution in [0.25, 0.3) is 10.6 Å². The fourth-order valence-electron chi connectivity index (χ4n) is 2.59. The maximum absolute atomic E-state index is 11.1. The number of thiazole rings is 1. The smallest absolute Gasteiger partial charge is 0.355 e. The molecule has 0 saturated carbocycles. The van der Waals surface area contributed by atoms with Crippen LogP contribution >= 0.6 is 11.3 Å². The molecule has 2 aromatic carbocycles. The van der Waals surface area contributed by atoms with Crippen molar-refractivity contribution in [1.82, 2.24) is 4.98 Å². The van der Waals surface area contributed by atoms with Crippen LogP contribution in [0.15, 0.2) is 60.0 Å². The molecule has 122 valence electrons. The van der Waals surface area contributed by atoms with Crippen LogP contribution in [0.3, 0.4) is 0 Å². The Morgan fingerprint density at radius 1 is 1.12 bits per heavy atom. The van der Waals surface area contributed by atoms with Crippen LogP contribution in [0.4, 0.5) is 5.69 Å². The summed E-state index contributed by atoms with van der Waals surface area (Å²) in [5.41, 5.74) is 3.39. The van der Waals surface area contributed by atoms with Gasteiger partial charge >= 0.3 is 5.97 Å². The Morgan fingerprint density at radius 2 is 1.83 bits per heavy atom. The Hall–Kier alpha value is -2.66. The van der Waals surface area contributed by atoms with Crippen molar-refractivity contribution in [3.8, 4) is 10.6 Å². The lowest BCUT2D eigenvalue weighted by molar-refractivity contribution is 0.0691. The Kier molecular flexibility index (Phi) is 4.91. The van der Waals surface area contributed by atoms with Crippen LogP contribution in [-0.2, 0) is 6.54 Å². The summed E-state index contributed by atoms with van der Waals surface area (Å²) in [7, 11) is 0. The van der Waals surface area contributed by atoms with Crippen LogP contribution in [0.1, 0.15) is 23.0 Å². The first-order chi connectivity index (χ1) is 11.7. The Morgan fingerprint density at radius 3 is 2.50 bits per heavy atom. The number of para-hydroxylation sites is 1. The largest absolute Gasteiger partial charge is 0.476 e. The maximum Gasteiger partial charge on any atom is 0.355 e. The molecule has 3 rings (SSSR count). The molecular formula is C19H18N2O2S. The Bertz CT molecular complexity index is 830. The van der Waals surface area contributed by atoms with Crippen molar-refractivity contribution < 1.29 is 9.90 Å². The Balaban J connectivity index is 1.92. The van der Waals surface area contributed by atoms with E-state index in [1.807, 2.05) is 36.4 Å². The fraction of sp³-hybridized carbons (Fsp3) is 0.158. The molecular weight excluding hydrogens is 320 g/mol. The van der Waals surface area contributed by atoms with Crippen molar-refractivity contribution in [1.29, 1.82) is 0 Å². The van der Waals surface area contributed by atoms with Crippen molar-refractivity contribution in [2.75, 3.05) is 11.4 Å². The van der Waals surface area contributed by atoms with Gasteiger partial charge in [0.2, 0.25) is 0 Å². The first kappa shape index (κ1) is 16.2. The summed E-state index contributed by atoms with van der Waals surface area (Å²) in [5, 5.41) is 11.4. The quantitative estimate of drug-likeness (QED) is 0.717. The summed E-state index contributed by atoms with van der Waals surface area (Å²) in [6.07, 6.45) is 0. The second-order valence-corrected chi connectivity index (χ2v) is 6.21. The molecule has 24 heavy (non-hydrogen) atoms. The highest BCUT2D eigenvalue weighted by Crippen LogP contribution is 2.29. The number of carboxylic acids is 1. The number of nitrogens with zero attached hydrogens (tertiary/aromatic N) is 2. The molecule has 4 nitrogen and oxygen atoms in total. The van der Waals surface area contributed by atoms with Crippen molar-refractivity contribution in [2.24, 2.45) is 0 Å². The van der Waals surface area contributed by atoms with Gasteiger partial charge in [-0.25, -0.2) is 9.78 Å². The van der Waals surface area contributed by atoms with Crippen LogP contribution < -0.4 is 4.90 Å². The second kappa shape index (κ2) is 7.27. The van der Waals surface area contributed by atoms with Crippen LogP contribution in [0, 0.1) is 0 Å². The van der Waals surface area contributed by atoms with Gasteiger partial charge in [0.05, 0.1) is 0 Å². The highest BCUT2D eigenvalue weighted by Gasteiger charge is 2.14. The molecule has 0 fully saturated rings. The number of carbonyl (C=O) groups is 1. The summed E-state index contributed by atoms with van der Waals surface area (Å²) >= 11 is 1.37. The van der Waals surface area contributed by atoms with E-state index in [1.165, 1.54) is 17.0 Å². The van der Waals surface area contributed by atoms with Crippen molar-refractivity contribution >= 4 is 23.0 Å². The molecule has 0 aliphatic carbocycles. The van der Waals surface area contributed by atoms with E-state index < -0.39 is 5.97 Å². The van der Waals surface area contributed by atoms with Gasteiger partial charge in [0.15, 0.2) is 5.69 Å². The summed E-state index contributed by atoms with van der Waals surface area (Å²) in [6.45, 7) is 3.76. The molecule has 0 aliphatic heterocycles. The normalized spacial score (nSPS) is 10.5. The number of aromatic nitrogens is 1. The number of carboxylic acid groups (broad SMARTS) is 1. The molecule has 0 bridgehead atoms. The molecule has 3 aromatic rings. The molecule has 0 saturated heterocycles. The van der Waals surface area contributed by atoms with E-state index in [4.69, 9.17) is 5.11 Å². The van der Waals surface area contributed by atoms with Crippen LogP contribution in [0.2, 0.25) is 0 Å². The lowest BCUT2D eigenvalue weighted by Crippen LogP contribution is -2.22. The van der Waals surface area contributed by atoms with Crippen molar-refractivity contribution in [2.45, 2.75) is 13.5 Å². The third-order valence-electron chi connectivity index (χ3n) is 3.84. The molecule has 0 unspecified atom stereocenters. The molecule has 1 N–H and O–H groups in total. The average Bonchev–Trinajstić information content (AvgIpc) is 3.11. The number of rotatable bonds is 6. The first-order valence-electron chi connectivity index (χ1n) is 7.76. The van der Waals surface area contributed by atoms with Gasteiger partial charge in [-0.2, -0.15) is 0 Å². The summed E-state index contributed by atoms with van der Waals surface area (Å²) in [5.74, 6) is -0.991. The molecule has 1 aromatic heterocycles. The SMILES string of the molecule is CCN(Cc1ccccc1-c1nc(C(=O)O)cs1)c1ccccc1. The summed E-state index contributed by atoms with van der Waals surface area (Å²) in [6, 6.07) is 18.3. The zero-order valence-corrected chi connectivity index (χ0v) is 14.2. The van der Waals surface area contributed by atoms with Crippen molar-refractivity contribution in [3.05, 3.63) is 71.2 Å². The minimum absolute atomic E-state index is 0.0974. The lowest BCUT2D eigenvalue weighted by Gasteiger charge is -2.24. The molecule has 0 spiro atoms. The predicted molar refractivity (Wildman–Crippen MR) is 97.7 cm³/mol. The van der Waals surface area contributed by atoms with E-state index in [9.17, 15) is 4.79 Å². The van der Waals surface area contributed by atoms with Crippen molar-refractivity contribution in [3.63, 3.8) is 0 Å². The highest BCUT2D eigenvalue weighted by atomic mass is 32.1. The minimum Gasteiger partial charge on any atom is -0.476 e. The fourth-order valence-corrected chi connectivity index (χ4v) is 3.45. The van der Waals surface area contributed by atoms with Gasteiger partial charge in [-0.05, 0) is 24.6 Å². The van der Waals surface area contributed by atoms with Gasteiger partial charge < -0.3 is 10.0 Å². The zero-order valence-electron chi connectivity index (χ0n) is 13.3. The molecule has 0 radical (unpaired) electrons. The number of aromatic carboxylic acids is 1. The third kappa shape index (κ3) is 3.46. The minimum atomic E-state index is -0.991. The van der Waals surface area contributed by atoms with E-state index >= 15 is 0 Å². The predicted octanol–water partition coefficient (Wildman–Crippen LogP) is 4.53. The maximum atomic E-state index is 11.1. The zero-order chi connectivity index (χ0) is 16.9. The summed E-state index contributed by atoms with van der Waals surface area (Å²) in [4.78, 5) is 17.6. The van der Waals surface area contributed by atoms with E-state index in [2.05, 4.69) is 35.0 Å². The second-order valence-electron chi connectivity index (χ2n) is 5.35. The molecule has 0 amide bonds. The number of anilines is 1. The topological polar surface area (TPSA) is 53.4 Å². The average molecular weight is 338 g/mol. The van der Waals surface area contributed by atoms with Gasteiger partial charge in [-0.15, -0.1) is 11.3 Å². The van der Waals surface area contributed by atoms with E-state index in [-0.39, 0.29) is 5.69 Å². The Labute approximate surface area is 145 Å². The lowest BCUT2D eigenvalue weighted by atomic mass is 10.1. The van der Waals surface area contributed by atoms with Gasteiger partial charge in [0.1, 0.15) is 5.01 Å². The van der Waals surface area contributed by atoms with Gasteiger partial charge in [0.25, 0.3) is 0 Å². The number of benzene rings is 2. The molecule has 0 aliphatic rings. The number of hydrogen-bond donors (Lipinski definition) is 1. The van der Waals surface area contributed by atoms with Gasteiger partial charge in [-0.1, -0.05) is 42.5 Å². The van der Waals surface area contributed by atoms with Crippen LogP contribution in [0.5, 0.6) is 0 Å². The highest BCUT2D eigenvalue weighted by molar-refractivity contribution is 7.13.